The lowest BCUT2D eigenvalue weighted by Gasteiger charge is -2.36. The molecule has 0 bridgehead atoms. The van der Waals surface area contributed by atoms with Crippen LogP contribution in [0.5, 0.6) is 0 Å². The zero-order valence-corrected chi connectivity index (χ0v) is 10.7. The van der Waals surface area contributed by atoms with Gasteiger partial charge in [-0.05, 0) is 19.3 Å². The number of amides is 1. The van der Waals surface area contributed by atoms with Crippen LogP contribution in [0, 0.1) is 5.41 Å². The van der Waals surface area contributed by atoms with Crippen LogP contribution in [0.25, 0.3) is 0 Å². The van der Waals surface area contributed by atoms with Crippen molar-refractivity contribution >= 4 is 36.2 Å². The van der Waals surface area contributed by atoms with E-state index in [9.17, 15) is 4.79 Å². The summed E-state index contributed by atoms with van der Waals surface area (Å²) in [7, 11) is 1.50. The first-order chi connectivity index (χ1) is 6.14. The first-order valence-corrected chi connectivity index (χ1v) is 7.67. The van der Waals surface area contributed by atoms with Crippen molar-refractivity contribution in [3.05, 3.63) is 12.7 Å². The maximum absolute atomic E-state index is 11.9. The highest BCUT2D eigenvalue weighted by Crippen LogP contribution is 2.38. The van der Waals surface area contributed by atoms with Gasteiger partial charge in [0.2, 0.25) is 5.91 Å². The van der Waals surface area contributed by atoms with E-state index in [0.29, 0.717) is 0 Å². The molecule has 2 nitrogen and oxygen atoms in total. The number of carbonyl (C=O) groups excluding carboxylic acids is 1. The lowest BCUT2D eigenvalue weighted by molar-refractivity contribution is -0.138. The smallest absolute Gasteiger partial charge is 0.239 e. The van der Waals surface area contributed by atoms with E-state index in [0.717, 1.165) is 25.8 Å². The van der Waals surface area contributed by atoms with Crippen molar-refractivity contribution in [3.63, 3.8) is 0 Å². The van der Waals surface area contributed by atoms with Crippen molar-refractivity contribution in [2.75, 3.05) is 6.54 Å². The Morgan fingerprint density at radius 1 is 1.85 bits per heavy atom. The van der Waals surface area contributed by atoms with Gasteiger partial charge in [0.1, 0.15) is 0 Å². The standard InChI is InChI=1S/C9H14INOS/c1-3-5-9(2)6-4-7-11(13-10)8(9)12/h3H,1,4-7H2,2H3/t9-/m1/s1. The van der Waals surface area contributed by atoms with E-state index in [1.807, 2.05) is 17.3 Å². The van der Waals surface area contributed by atoms with Crippen LogP contribution in [-0.4, -0.2) is 16.8 Å². The molecule has 1 aliphatic rings. The lowest BCUT2D eigenvalue weighted by atomic mass is 9.79. The van der Waals surface area contributed by atoms with Gasteiger partial charge in [-0.15, -0.1) is 6.58 Å². The third-order valence-corrected chi connectivity index (χ3v) is 4.45. The summed E-state index contributed by atoms with van der Waals surface area (Å²) in [6.07, 6.45) is 4.73. The number of hydrogen-bond donors (Lipinski definition) is 0. The summed E-state index contributed by atoms with van der Waals surface area (Å²) in [5, 5.41) is 0. The Morgan fingerprint density at radius 2 is 2.54 bits per heavy atom. The second-order valence-electron chi connectivity index (χ2n) is 3.63. The second-order valence-corrected chi connectivity index (χ2v) is 5.39. The molecular weight excluding hydrogens is 297 g/mol. The van der Waals surface area contributed by atoms with Gasteiger partial charge >= 0.3 is 0 Å². The number of nitrogens with zero attached hydrogens (tertiary/aromatic N) is 1. The summed E-state index contributed by atoms with van der Waals surface area (Å²) in [4.78, 5) is 11.9. The van der Waals surface area contributed by atoms with E-state index in [1.165, 1.54) is 9.12 Å². The highest BCUT2D eigenvalue weighted by molar-refractivity contribution is 14.2. The van der Waals surface area contributed by atoms with Crippen LogP contribution < -0.4 is 0 Å². The third kappa shape index (κ3) is 2.40. The summed E-state index contributed by atoms with van der Waals surface area (Å²) in [6.45, 7) is 6.63. The summed E-state index contributed by atoms with van der Waals surface area (Å²) in [6, 6.07) is 0. The minimum absolute atomic E-state index is 0.196. The molecular formula is C9H14INOS. The molecule has 1 amide bonds. The average Bonchev–Trinajstić information content (AvgIpc) is 2.11. The topological polar surface area (TPSA) is 20.3 Å². The van der Waals surface area contributed by atoms with Gasteiger partial charge in [0.25, 0.3) is 0 Å². The molecule has 1 heterocycles. The van der Waals surface area contributed by atoms with Crippen LogP contribution in [0.4, 0.5) is 0 Å². The van der Waals surface area contributed by atoms with E-state index in [4.69, 9.17) is 0 Å². The SMILES string of the molecule is C=CC[C@]1(C)CCCN(SI)C1=O. The van der Waals surface area contributed by atoms with Gasteiger partial charge in [0.05, 0.1) is 5.41 Å². The maximum Gasteiger partial charge on any atom is 0.239 e. The molecule has 0 N–H and O–H groups in total. The molecule has 0 radical (unpaired) electrons. The van der Waals surface area contributed by atoms with Gasteiger partial charge in [-0.2, -0.15) is 0 Å². The molecule has 1 aliphatic heterocycles. The third-order valence-electron chi connectivity index (χ3n) is 2.51. The maximum atomic E-state index is 11.9. The minimum atomic E-state index is -0.196. The van der Waals surface area contributed by atoms with Gasteiger partial charge in [0, 0.05) is 36.9 Å². The van der Waals surface area contributed by atoms with Crippen molar-refractivity contribution in [2.24, 2.45) is 5.41 Å². The normalized spacial score (nSPS) is 29.1. The zero-order valence-electron chi connectivity index (χ0n) is 7.75. The summed E-state index contributed by atoms with van der Waals surface area (Å²) in [5.74, 6) is 0.262. The van der Waals surface area contributed by atoms with E-state index in [2.05, 4.69) is 27.8 Å². The Balaban J connectivity index is 2.74. The number of rotatable bonds is 3. The predicted octanol–water partition coefficient (Wildman–Crippen LogP) is 3.19. The van der Waals surface area contributed by atoms with E-state index < -0.39 is 0 Å². The van der Waals surface area contributed by atoms with Crippen LogP contribution in [0.2, 0.25) is 0 Å². The highest BCUT2D eigenvalue weighted by atomic mass is 127. The molecule has 4 heteroatoms. The molecule has 0 aromatic carbocycles. The Labute approximate surface area is 95.9 Å². The van der Waals surface area contributed by atoms with Crippen molar-refractivity contribution in [1.82, 2.24) is 4.31 Å². The highest BCUT2D eigenvalue weighted by Gasteiger charge is 2.38. The average molecular weight is 311 g/mol. The number of piperidine rings is 1. The van der Waals surface area contributed by atoms with E-state index in [-0.39, 0.29) is 11.3 Å². The quantitative estimate of drug-likeness (QED) is 0.453. The fourth-order valence-corrected chi connectivity index (χ4v) is 3.30. The lowest BCUT2D eigenvalue weighted by Crippen LogP contribution is -2.43. The van der Waals surface area contributed by atoms with Crippen molar-refractivity contribution in [1.29, 1.82) is 0 Å². The fraction of sp³-hybridized carbons (Fsp3) is 0.667. The van der Waals surface area contributed by atoms with Crippen LogP contribution >= 0.6 is 30.3 Å². The van der Waals surface area contributed by atoms with E-state index in [1.54, 1.807) is 0 Å². The molecule has 1 saturated heterocycles. The Hall–Kier alpha value is 0.290. The number of carbonyl (C=O) groups is 1. The number of allylic oxidation sites excluding steroid dienone is 1. The fourth-order valence-electron chi connectivity index (χ4n) is 1.70. The molecule has 0 unspecified atom stereocenters. The Bertz CT molecular complexity index is 222. The van der Waals surface area contributed by atoms with Gasteiger partial charge in [-0.25, -0.2) is 0 Å². The van der Waals surface area contributed by atoms with Crippen molar-refractivity contribution in [3.8, 4) is 0 Å². The second kappa shape index (κ2) is 4.68. The van der Waals surface area contributed by atoms with Gasteiger partial charge in [-0.3, -0.25) is 9.10 Å². The molecule has 0 aromatic heterocycles. The zero-order chi connectivity index (χ0) is 9.90. The molecule has 1 fully saturated rings. The van der Waals surface area contributed by atoms with Crippen LogP contribution in [-0.2, 0) is 4.79 Å². The summed E-state index contributed by atoms with van der Waals surface area (Å²) in [5.41, 5.74) is -0.196. The number of hydrogen-bond acceptors (Lipinski definition) is 2. The minimum Gasteiger partial charge on any atom is -0.277 e. The molecule has 0 saturated carbocycles. The molecule has 0 aliphatic carbocycles. The van der Waals surface area contributed by atoms with Gasteiger partial charge in [0.15, 0.2) is 0 Å². The largest absolute Gasteiger partial charge is 0.277 e. The van der Waals surface area contributed by atoms with Gasteiger partial charge in [-0.1, -0.05) is 13.0 Å². The molecule has 1 atom stereocenters. The predicted molar refractivity (Wildman–Crippen MR) is 65.5 cm³/mol. The molecule has 0 aromatic rings. The van der Waals surface area contributed by atoms with E-state index >= 15 is 0 Å². The summed E-state index contributed by atoms with van der Waals surface area (Å²) < 4.78 is 1.85. The van der Waals surface area contributed by atoms with Crippen molar-refractivity contribution < 1.29 is 4.79 Å². The first-order valence-electron chi connectivity index (χ1n) is 4.35. The van der Waals surface area contributed by atoms with Crippen LogP contribution in [0.3, 0.4) is 0 Å². The monoisotopic (exact) mass is 311 g/mol. The number of halogens is 1. The van der Waals surface area contributed by atoms with Crippen LogP contribution in [0.1, 0.15) is 26.2 Å². The van der Waals surface area contributed by atoms with Crippen LogP contribution in [0.15, 0.2) is 12.7 Å². The summed E-state index contributed by atoms with van der Waals surface area (Å²) >= 11 is 2.16. The molecule has 0 spiro atoms. The Morgan fingerprint density at radius 3 is 3.08 bits per heavy atom. The van der Waals surface area contributed by atoms with Crippen molar-refractivity contribution in [2.45, 2.75) is 26.2 Å². The molecule has 74 valence electrons. The molecule has 1 rings (SSSR count). The Kier molecular flexibility index (Phi) is 4.09. The van der Waals surface area contributed by atoms with Gasteiger partial charge < -0.3 is 0 Å². The first kappa shape index (κ1) is 11.4. The molecule has 13 heavy (non-hydrogen) atoms.